The largest absolute Gasteiger partial charge is 0.384 e. The number of anilines is 1. The molecule has 0 fully saturated rings. The number of nitrogens with one attached hydrogen (secondary N) is 1. The molecule has 0 bridgehead atoms. The predicted molar refractivity (Wildman–Crippen MR) is 59.7 cm³/mol. The van der Waals surface area contributed by atoms with Gasteiger partial charge in [0.1, 0.15) is 0 Å². The highest BCUT2D eigenvalue weighted by atomic mass is 16.1. The summed E-state index contributed by atoms with van der Waals surface area (Å²) in [7, 11) is 0. The summed E-state index contributed by atoms with van der Waals surface area (Å²) in [6.07, 6.45) is 0. The molecular weight excluding hydrogens is 188 g/mol. The van der Waals surface area contributed by atoms with Gasteiger partial charge in [0, 0.05) is 17.8 Å². The molecule has 78 valence electrons. The van der Waals surface area contributed by atoms with Crippen LogP contribution in [0.5, 0.6) is 0 Å². The third kappa shape index (κ3) is 3.43. The van der Waals surface area contributed by atoms with Gasteiger partial charge < -0.3 is 5.32 Å². The first-order valence-electron chi connectivity index (χ1n) is 4.88. The van der Waals surface area contributed by atoms with Gasteiger partial charge in [-0.3, -0.25) is 4.79 Å². The Balaban J connectivity index is 2.58. The van der Waals surface area contributed by atoms with E-state index in [0.29, 0.717) is 12.1 Å². The molecule has 3 heteroatoms. The molecule has 1 aromatic rings. The van der Waals surface area contributed by atoms with Crippen LogP contribution in [0.25, 0.3) is 0 Å². The van der Waals surface area contributed by atoms with Crippen molar-refractivity contribution in [2.24, 2.45) is 5.92 Å². The standard InChI is InChI=1S/C12H14N2O/c1-9(7-13)8-14-12-5-3-11(4-6-12)10(2)15/h3-6,9,14H,8H2,1-2H3. The van der Waals surface area contributed by atoms with Crippen molar-refractivity contribution in [2.75, 3.05) is 11.9 Å². The molecule has 1 rings (SSSR count). The fourth-order valence-corrected chi connectivity index (χ4v) is 1.14. The molecule has 0 heterocycles. The zero-order chi connectivity index (χ0) is 11.3. The van der Waals surface area contributed by atoms with Gasteiger partial charge >= 0.3 is 0 Å². The van der Waals surface area contributed by atoms with Crippen LogP contribution in [0.3, 0.4) is 0 Å². The van der Waals surface area contributed by atoms with E-state index in [4.69, 9.17) is 5.26 Å². The first-order valence-corrected chi connectivity index (χ1v) is 4.88. The lowest BCUT2D eigenvalue weighted by Gasteiger charge is -2.07. The normalized spacial score (nSPS) is 11.5. The quantitative estimate of drug-likeness (QED) is 0.763. The van der Waals surface area contributed by atoms with Gasteiger partial charge in [0.15, 0.2) is 5.78 Å². The molecule has 0 aliphatic carbocycles. The maximum atomic E-state index is 11.0. The molecule has 0 saturated carbocycles. The monoisotopic (exact) mass is 202 g/mol. The maximum Gasteiger partial charge on any atom is 0.159 e. The molecule has 0 aliphatic heterocycles. The average molecular weight is 202 g/mol. The summed E-state index contributed by atoms with van der Waals surface area (Å²) in [5.41, 5.74) is 1.64. The van der Waals surface area contributed by atoms with Crippen LogP contribution >= 0.6 is 0 Å². The number of nitrogens with zero attached hydrogens (tertiary/aromatic N) is 1. The topological polar surface area (TPSA) is 52.9 Å². The average Bonchev–Trinajstić information content (AvgIpc) is 2.26. The van der Waals surface area contributed by atoms with Crippen molar-refractivity contribution in [3.8, 4) is 6.07 Å². The van der Waals surface area contributed by atoms with Gasteiger partial charge in [0.05, 0.1) is 12.0 Å². The van der Waals surface area contributed by atoms with Crippen molar-refractivity contribution in [2.45, 2.75) is 13.8 Å². The summed E-state index contributed by atoms with van der Waals surface area (Å²) in [4.78, 5) is 11.0. The molecule has 0 radical (unpaired) electrons. The molecular formula is C12H14N2O. The Morgan fingerprint density at radius 1 is 1.47 bits per heavy atom. The fraction of sp³-hybridized carbons (Fsp3) is 0.333. The number of nitriles is 1. The number of rotatable bonds is 4. The van der Waals surface area contributed by atoms with Gasteiger partial charge in [-0.25, -0.2) is 0 Å². The lowest BCUT2D eigenvalue weighted by Crippen LogP contribution is -2.09. The number of carbonyl (C=O) groups excluding carboxylic acids is 1. The van der Waals surface area contributed by atoms with Crippen LogP contribution in [0, 0.1) is 17.2 Å². The Kier molecular flexibility index (Phi) is 3.87. The second-order valence-electron chi connectivity index (χ2n) is 3.54. The van der Waals surface area contributed by atoms with Crippen LogP contribution < -0.4 is 5.32 Å². The van der Waals surface area contributed by atoms with Crippen LogP contribution in [0.2, 0.25) is 0 Å². The summed E-state index contributed by atoms with van der Waals surface area (Å²) >= 11 is 0. The Labute approximate surface area is 89.7 Å². The lowest BCUT2D eigenvalue weighted by atomic mass is 10.1. The van der Waals surface area contributed by atoms with E-state index in [1.807, 2.05) is 19.1 Å². The van der Waals surface area contributed by atoms with E-state index in [1.165, 1.54) is 0 Å². The Morgan fingerprint density at radius 2 is 2.07 bits per heavy atom. The summed E-state index contributed by atoms with van der Waals surface area (Å²) in [6, 6.07) is 9.40. The molecule has 1 atom stereocenters. The first kappa shape index (κ1) is 11.3. The van der Waals surface area contributed by atoms with Crippen LogP contribution in [-0.2, 0) is 0 Å². The van der Waals surface area contributed by atoms with E-state index in [2.05, 4.69) is 11.4 Å². The van der Waals surface area contributed by atoms with Gasteiger partial charge in [-0.2, -0.15) is 5.26 Å². The van der Waals surface area contributed by atoms with Crippen molar-refractivity contribution in [3.05, 3.63) is 29.8 Å². The van der Waals surface area contributed by atoms with Gasteiger partial charge in [-0.15, -0.1) is 0 Å². The van der Waals surface area contributed by atoms with Gasteiger partial charge in [-0.1, -0.05) is 0 Å². The highest BCUT2D eigenvalue weighted by Crippen LogP contribution is 2.10. The maximum absolute atomic E-state index is 11.0. The minimum atomic E-state index is -0.0162. The second-order valence-corrected chi connectivity index (χ2v) is 3.54. The fourth-order valence-electron chi connectivity index (χ4n) is 1.14. The number of carbonyl (C=O) groups is 1. The van der Waals surface area contributed by atoms with E-state index in [-0.39, 0.29) is 11.7 Å². The van der Waals surface area contributed by atoms with E-state index in [9.17, 15) is 4.79 Å². The minimum Gasteiger partial charge on any atom is -0.384 e. The molecule has 0 saturated heterocycles. The zero-order valence-corrected chi connectivity index (χ0v) is 8.95. The smallest absolute Gasteiger partial charge is 0.159 e. The number of hydrogen-bond donors (Lipinski definition) is 1. The van der Waals surface area contributed by atoms with Crippen molar-refractivity contribution >= 4 is 11.5 Å². The third-order valence-corrected chi connectivity index (χ3v) is 2.12. The molecule has 1 aromatic carbocycles. The summed E-state index contributed by atoms with van der Waals surface area (Å²) in [5.74, 6) is 0.0458. The SMILES string of the molecule is CC(=O)c1ccc(NCC(C)C#N)cc1. The molecule has 0 amide bonds. The molecule has 0 aromatic heterocycles. The summed E-state index contributed by atoms with van der Waals surface area (Å²) in [6.45, 7) is 4.02. The Morgan fingerprint density at radius 3 is 2.53 bits per heavy atom. The van der Waals surface area contributed by atoms with Crippen LogP contribution in [0.1, 0.15) is 24.2 Å². The van der Waals surface area contributed by atoms with Crippen LogP contribution in [0.15, 0.2) is 24.3 Å². The number of ketones is 1. The van der Waals surface area contributed by atoms with Crippen LogP contribution in [-0.4, -0.2) is 12.3 Å². The second kappa shape index (κ2) is 5.16. The molecule has 15 heavy (non-hydrogen) atoms. The van der Waals surface area contributed by atoms with Gasteiger partial charge in [0.2, 0.25) is 0 Å². The predicted octanol–water partition coefficient (Wildman–Crippen LogP) is 2.46. The zero-order valence-electron chi connectivity index (χ0n) is 8.95. The number of Topliss-reactive ketones (excluding diaryl/α,β-unsaturated/α-hetero) is 1. The molecule has 3 nitrogen and oxygen atoms in total. The Bertz CT molecular complexity index is 376. The number of benzene rings is 1. The summed E-state index contributed by atoms with van der Waals surface area (Å²) in [5, 5.41) is 11.7. The van der Waals surface area contributed by atoms with E-state index in [0.717, 1.165) is 5.69 Å². The Hall–Kier alpha value is -1.82. The van der Waals surface area contributed by atoms with Crippen molar-refractivity contribution in [1.29, 1.82) is 5.26 Å². The molecule has 0 spiro atoms. The minimum absolute atomic E-state index is 0.0162. The van der Waals surface area contributed by atoms with Crippen molar-refractivity contribution in [1.82, 2.24) is 0 Å². The summed E-state index contributed by atoms with van der Waals surface area (Å²) < 4.78 is 0. The molecule has 1 N–H and O–H groups in total. The molecule has 0 aliphatic rings. The highest BCUT2D eigenvalue weighted by Gasteiger charge is 2.00. The van der Waals surface area contributed by atoms with Gasteiger partial charge in [0.25, 0.3) is 0 Å². The third-order valence-electron chi connectivity index (χ3n) is 2.12. The van der Waals surface area contributed by atoms with E-state index < -0.39 is 0 Å². The van der Waals surface area contributed by atoms with Crippen molar-refractivity contribution in [3.63, 3.8) is 0 Å². The van der Waals surface area contributed by atoms with Gasteiger partial charge in [-0.05, 0) is 38.1 Å². The first-order chi connectivity index (χ1) is 7.13. The lowest BCUT2D eigenvalue weighted by molar-refractivity contribution is 0.101. The van der Waals surface area contributed by atoms with Crippen molar-refractivity contribution < 1.29 is 4.79 Å². The van der Waals surface area contributed by atoms with E-state index >= 15 is 0 Å². The number of hydrogen-bond acceptors (Lipinski definition) is 3. The molecule has 1 unspecified atom stereocenters. The van der Waals surface area contributed by atoms with Crippen LogP contribution in [0.4, 0.5) is 5.69 Å². The van der Waals surface area contributed by atoms with E-state index in [1.54, 1.807) is 19.1 Å². The highest BCUT2D eigenvalue weighted by molar-refractivity contribution is 5.94.